The number of amides is 4. The third-order valence-corrected chi connectivity index (χ3v) is 0.812. The van der Waals surface area contributed by atoms with E-state index in [-0.39, 0.29) is 29.6 Å². The molecule has 0 fully saturated rings. The number of nitrogens with two attached hydrogens (primary N) is 1. The van der Waals surface area contributed by atoms with Crippen LogP contribution in [0.1, 0.15) is 0 Å². The first-order valence-corrected chi connectivity index (χ1v) is 2.71. The Morgan fingerprint density at radius 1 is 1.44 bits per heavy atom. The van der Waals surface area contributed by atoms with Gasteiger partial charge < -0.3 is 5.73 Å². The number of carbonyl (C=O) groups excluding carboxylic acids is 2. The van der Waals surface area contributed by atoms with Gasteiger partial charge in [-0.2, -0.15) is 0 Å². The predicted molar refractivity (Wildman–Crippen MR) is 42.4 cm³/mol. The molecule has 0 saturated heterocycles. The Morgan fingerprint density at radius 2 is 1.89 bits per heavy atom. The SMILES string of the molecule is NC(=O)NC(=O)NI.[NaH]. The molecule has 4 amide bonds. The molecule has 0 radical (unpaired) electrons. The molecular weight excluding hydrogens is 248 g/mol. The molecule has 0 aromatic rings. The summed E-state index contributed by atoms with van der Waals surface area (Å²) >= 11 is 1.58. The van der Waals surface area contributed by atoms with Crippen molar-refractivity contribution < 1.29 is 9.59 Å². The third kappa shape index (κ3) is 8.47. The fourth-order valence-electron chi connectivity index (χ4n) is 0.136. The van der Waals surface area contributed by atoms with Crippen molar-refractivity contribution in [2.45, 2.75) is 0 Å². The van der Waals surface area contributed by atoms with Gasteiger partial charge in [0.25, 0.3) is 0 Å². The standard InChI is InChI=1S/C2H4IN3O2.Na.H/c3-6-2(8)5-1(4)7;;/h(H4,4,5,6,7,8);;. The van der Waals surface area contributed by atoms with E-state index in [1.165, 1.54) is 0 Å². The first kappa shape index (κ1) is 12.2. The fraction of sp³-hybridized carbons (Fsp3) is 0. The average Bonchev–Trinajstić information content (AvgIpc) is 1.65. The van der Waals surface area contributed by atoms with Crippen LogP contribution in [-0.2, 0) is 0 Å². The summed E-state index contributed by atoms with van der Waals surface area (Å²) in [5.74, 6) is 0. The van der Waals surface area contributed by atoms with Gasteiger partial charge in [-0.1, -0.05) is 0 Å². The Bertz CT molecular complexity index is 118. The summed E-state index contributed by atoms with van der Waals surface area (Å²) < 4.78 is 2.12. The molecule has 0 saturated carbocycles. The van der Waals surface area contributed by atoms with Crippen molar-refractivity contribution in [2.75, 3.05) is 0 Å². The van der Waals surface area contributed by atoms with Gasteiger partial charge in [-0.05, 0) is 0 Å². The molecule has 0 aromatic carbocycles. The molecule has 48 valence electrons. The molecule has 0 atom stereocenters. The van der Waals surface area contributed by atoms with Crippen molar-refractivity contribution in [1.29, 1.82) is 0 Å². The summed E-state index contributed by atoms with van der Waals surface area (Å²) in [5, 5.41) is 1.77. The summed E-state index contributed by atoms with van der Waals surface area (Å²) in [6, 6.07) is -1.47. The van der Waals surface area contributed by atoms with E-state index in [9.17, 15) is 9.59 Å². The number of hydrogen-bond donors (Lipinski definition) is 3. The van der Waals surface area contributed by atoms with Gasteiger partial charge in [-0.25, -0.2) is 9.59 Å². The van der Waals surface area contributed by atoms with Crippen LogP contribution in [0.2, 0.25) is 0 Å². The Balaban J connectivity index is 0. The zero-order chi connectivity index (χ0) is 6.57. The summed E-state index contributed by atoms with van der Waals surface area (Å²) in [6.45, 7) is 0. The molecule has 0 rings (SSSR count). The number of primary amides is 1. The number of imide groups is 1. The topological polar surface area (TPSA) is 84.2 Å². The van der Waals surface area contributed by atoms with Gasteiger partial charge in [0, 0.05) is 0 Å². The van der Waals surface area contributed by atoms with E-state index in [4.69, 9.17) is 0 Å². The Morgan fingerprint density at radius 3 is 2.00 bits per heavy atom. The van der Waals surface area contributed by atoms with E-state index < -0.39 is 12.1 Å². The van der Waals surface area contributed by atoms with Crippen molar-refractivity contribution in [3.05, 3.63) is 0 Å². The molecule has 4 N–H and O–H groups in total. The average molecular weight is 253 g/mol. The quantitative estimate of drug-likeness (QED) is 0.296. The van der Waals surface area contributed by atoms with Crippen LogP contribution in [-0.4, -0.2) is 41.6 Å². The zero-order valence-corrected chi connectivity index (χ0v) is 5.93. The summed E-state index contributed by atoms with van der Waals surface area (Å²) in [6.07, 6.45) is 0. The monoisotopic (exact) mass is 253 g/mol. The van der Waals surface area contributed by atoms with Crippen molar-refractivity contribution in [3.8, 4) is 0 Å². The second-order valence-electron chi connectivity index (χ2n) is 0.913. The Hall–Kier alpha value is 0.470. The summed E-state index contributed by atoms with van der Waals surface area (Å²) in [7, 11) is 0. The third-order valence-electron chi connectivity index (χ3n) is 0.323. The van der Waals surface area contributed by atoms with Crippen LogP contribution in [0.3, 0.4) is 0 Å². The number of urea groups is 2. The minimum absolute atomic E-state index is 0. The van der Waals surface area contributed by atoms with E-state index in [1.807, 2.05) is 0 Å². The first-order chi connectivity index (χ1) is 3.66. The molecule has 0 aromatic heterocycles. The second-order valence-corrected chi connectivity index (χ2v) is 1.45. The molecular formula is C2H5IN3NaO2. The van der Waals surface area contributed by atoms with Gasteiger partial charge in [-0.15, -0.1) is 0 Å². The van der Waals surface area contributed by atoms with Gasteiger partial charge in [0.05, 0.1) is 22.9 Å². The second kappa shape index (κ2) is 6.59. The van der Waals surface area contributed by atoms with Gasteiger partial charge >= 0.3 is 41.6 Å². The molecule has 5 nitrogen and oxygen atoms in total. The summed E-state index contributed by atoms with van der Waals surface area (Å²) in [4.78, 5) is 19.9. The first-order valence-electron chi connectivity index (χ1n) is 1.64. The zero-order valence-electron chi connectivity index (χ0n) is 3.77. The number of hydrogen-bond acceptors (Lipinski definition) is 2. The Kier molecular flexibility index (Phi) is 8.91. The molecule has 0 aliphatic heterocycles. The van der Waals surface area contributed by atoms with Gasteiger partial charge in [0.2, 0.25) is 0 Å². The van der Waals surface area contributed by atoms with Crippen molar-refractivity contribution >= 4 is 64.5 Å². The maximum absolute atomic E-state index is 10.1. The van der Waals surface area contributed by atoms with E-state index in [1.54, 1.807) is 28.2 Å². The molecule has 7 heteroatoms. The molecule has 9 heavy (non-hydrogen) atoms. The van der Waals surface area contributed by atoms with Crippen LogP contribution in [0.25, 0.3) is 0 Å². The molecule has 0 bridgehead atoms. The fourth-order valence-corrected chi connectivity index (χ4v) is 0.270. The van der Waals surface area contributed by atoms with E-state index in [2.05, 4.69) is 9.26 Å². The van der Waals surface area contributed by atoms with Crippen LogP contribution in [0.5, 0.6) is 0 Å². The van der Waals surface area contributed by atoms with Gasteiger partial charge in [-0.3, -0.25) is 8.85 Å². The van der Waals surface area contributed by atoms with Crippen LogP contribution in [0, 0.1) is 0 Å². The van der Waals surface area contributed by atoms with Gasteiger partial charge in [0.15, 0.2) is 0 Å². The van der Waals surface area contributed by atoms with Crippen molar-refractivity contribution in [2.24, 2.45) is 5.73 Å². The van der Waals surface area contributed by atoms with E-state index in [0.29, 0.717) is 0 Å². The van der Waals surface area contributed by atoms with Crippen LogP contribution >= 0.6 is 22.9 Å². The molecule has 0 heterocycles. The van der Waals surface area contributed by atoms with E-state index in [0.717, 1.165) is 0 Å². The Labute approximate surface area is 87.9 Å². The van der Waals surface area contributed by atoms with E-state index >= 15 is 0 Å². The number of halogens is 1. The van der Waals surface area contributed by atoms with Crippen molar-refractivity contribution in [1.82, 2.24) is 8.85 Å². The van der Waals surface area contributed by atoms with Crippen molar-refractivity contribution in [3.63, 3.8) is 0 Å². The van der Waals surface area contributed by atoms with Crippen LogP contribution in [0.4, 0.5) is 9.59 Å². The maximum atomic E-state index is 10.1. The number of carbonyl (C=O) groups is 2. The number of rotatable bonds is 0. The molecule has 0 unspecified atom stereocenters. The molecule has 0 aliphatic carbocycles. The molecule has 0 aliphatic rings. The van der Waals surface area contributed by atoms with Crippen LogP contribution < -0.4 is 14.6 Å². The van der Waals surface area contributed by atoms with Crippen LogP contribution in [0.15, 0.2) is 0 Å². The molecule has 0 spiro atoms. The predicted octanol–water partition coefficient (Wildman–Crippen LogP) is -0.934. The van der Waals surface area contributed by atoms with Gasteiger partial charge in [0.1, 0.15) is 0 Å². The summed E-state index contributed by atoms with van der Waals surface area (Å²) in [5.41, 5.74) is 4.55. The minimum atomic E-state index is -0.862. The normalized spacial score (nSPS) is 6.78. The number of nitrogens with one attached hydrogen (secondary N) is 2.